The van der Waals surface area contributed by atoms with Crippen LogP contribution >= 0.6 is 11.3 Å². The van der Waals surface area contributed by atoms with Crippen LogP contribution in [0.25, 0.3) is 0 Å². The number of likely N-dealkylation sites (N-methyl/N-ethyl adjacent to an activating group) is 2. The van der Waals surface area contributed by atoms with Gasteiger partial charge < -0.3 is 25.0 Å². The minimum absolute atomic E-state index is 0.0123. The molecular weight excluding hydrogens is 715 g/mol. The van der Waals surface area contributed by atoms with Crippen LogP contribution < -0.4 is 5.73 Å². The van der Waals surface area contributed by atoms with Gasteiger partial charge in [0, 0.05) is 70.1 Å². The number of benzene rings is 1. The predicted octanol–water partition coefficient (Wildman–Crippen LogP) is 5.86. The van der Waals surface area contributed by atoms with E-state index < -0.39 is 36.1 Å². The third kappa shape index (κ3) is 12.2. The Bertz CT molecular complexity index is 1480. The van der Waals surface area contributed by atoms with Crippen LogP contribution in [-0.4, -0.2) is 121 Å². The number of ketones is 2. The Morgan fingerprint density at radius 1 is 0.964 bits per heavy atom. The van der Waals surface area contributed by atoms with Crippen LogP contribution in [0.5, 0.6) is 0 Å². The van der Waals surface area contributed by atoms with Crippen molar-refractivity contribution in [3.63, 3.8) is 0 Å². The number of rotatable bonds is 23. The Labute approximate surface area is 334 Å². The van der Waals surface area contributed by atoms with Crippen LogP contribution in [0, 0.1) is 23.7 Å². The summed E-state index contributed by atoms with van der Waals surface area (Å²) < 4.78 is 12.1. The molecule has 0 aliphatic carbocycles. The van der Waals surface area contributed by atoms with Crippen molar-refractivity contribution >= 4 is 34.7 Å². The van der Waals surface area contributed by atoms with Crippen molar-refractivity contribution in [1.82, 2.24) is 19.7 Å². The van der Waals surface area contributed by atoms with Gasteiger partial charge in [0.15, 0.2) is 5.78 Å². The Morgan fingerprint density at radius 3 is 2.16 bits per heavy atom. The highest BCUT2D eigenvalue weighted by Crippen LogP contribution is 2.33. The van der Waals surface area contributed by atoms with E-state index in [-0.39, 0.29) is 66.1 Å². The summed E-state index contributed by atoms with van der Waals surface area (Å²) in [6.07, 6.45) is 4.09. The molecule has 11 nitrogen and oxygen atoms in total. The lowest BCUT2D eigenvalue weighted by Crippen LogP contribution is -2.55. The largest absolute Gasteiger partial charge is 0.379 e. The second-order valence-corrected chi connectivity index (χ2v) is 17.2. The smallest absolute Gasteiger partial charge is 0.227 e. The van der Waals surface area contributed by atoms with Crippen LogP contribution in [0.3, 0.4) is 0 Å². The van der Waals surface area contributed by atoms with Gasteiger partial charge in [-0.1, -0.05) is 71.4 Å². The zero-order valence-corrected chi connectivity index (χ0v) is 36.1. The van der Waals surface area contributed by atoms with Gasteiger partial charge in [-0.25, -0.2) is 4.98 Å². The maximum atomic E-state index is 14.3. The fraction of sp³-hybridized carbons (Fsp3) is 0.698. The topological polar surface area (TPSA) is 135 Å². The maximum Gasteiger partial charge on any atom is 0.227 e. The van der Waals surface area contributed by atoms with Gasteiger partial charge in [0.05, 0.1) is 47.7 Å². The van der Waals surface area contributed by atoms with Gasteiger partial charge >= 0.3 is 0 Å². The molecule has 0 saturated carbocycles. The summed E-state index contributed by atoms with van der Waals surface area (Å²) in [4.78, 5) is 66.1. The van der Waals surface area contributed by atoms with E-state index in [2.05, 4.69) is 31.0 Å². The number of Topliss-reactive ketones (excluding diaryl/α,β-unsaturated/α-hetero) is 2. The first kappa shape index (κ1) is 46.4. The number of nitrogens with zero attached hydrogens (tertiary/aromatic N) is 4. The highest BCUT2D eigenvalue weighted by atomic mass is 32.1. The van der Waals surface area contributed by atoms with E-state index in [1.165, 1.54) is 0 Å². The van der Waals surface area contributed by atoms with Crippen LogP contribution in [-0.2, 0) is 35.1 Å². The number of ether oxygens (including phenoxy) is 2. The summed E-state index contributed by atoms with van der Waals surface area (Å²) in [6.45, 7) is 12.4. The second kappa shape index (κ2) is 22.1. The van der Waals surface area contributed by atoms with Gasteiger partial charge in [-0.15, -0.1) is 11.3 Å². The molecule has 1 aliphatic heterocycles. The number of carbonyl (C=O) groups excluding carboxylic acids is 4. The zero-order chi connectivity index (χ0) is 41.0. The number of hydrogen-bond acceptors (Lipinski definition) is 10. The number of carbonyl (C=O) groups is 4. The summed E-state index contributed by atoms with van der Waals surface area (Å²) in [6, 6.07) is 8.56. The molecule has 0 radical (unpaired) electrons. The fourth-order valence-electron chi connectivity index (χ4n) is 8.70. The zero-order valence-electron chi connectivity index (χ0n) is 35.3. The summed E-state index contributed by atoms with van der Waals surface area (Å²) in [5.41, 5.74) is 7.55. The molecule has 0 spiro atoms. The van der Waals surface area contributed by atoms with Gasteiger partial charge in [-0.05, 0) is 57.7 Å². The first-order chi connectivity index (χ1) is 26.1. The molecule has 3 rings (SSSR count). The van der Waals surface area contributed by atoms with Crippen LogP contribution in [0.4, 0.5) is 0 Å². The molecule has 1 saturated heterocycles. The SMILES string of the molecule is CC[C@H](C)[C@@H]([C@@H](CC(=O)N1CCC[C@H]1[C@H](OC)[C@@H](C)C(=O)C[C@@H](Cc1ccccc1)c1nccs1)OC)N(C)C(=O)[C@@H](CC(=O)[C@H](C(C)C)N(C)C)[C@H](C)N. The number of nitrogens with two attached hydrogens (primary N) is 1. The van der Waals surface area contributed by atoms with E-state index in [0.29, 0.717) is 19.4 Å². The van der Waals surface area contributed by atoms with E-state index in [0.717, 1.165) is 29.8 Å². The molecule has 0 bridgehead atoms. The van der Waals surface area contributed by atoms with E-state index in [9.17, 15) is 19.2 Å². The first-order valence-electron chi connectivity index (χ1n) is 20.1. The van der Waals surface area contributed by atoms with Gasteiger partial charge in [0.25, 0.3) is 0 Å². The standard InChI is InChI=1S/C43H69N5O6S/c1-12-28(4)40(47(9)43(52)33(30(6)44)25-36(50)39(27(2)3)46(7)8)37(53-10)26-38(51)48-21-16-19-34(48)41(54-11)29(5)35(49)24-32(42-45-20-22-55-42)23-31-17-14-13-15-18-31/h13-15,17-18,20,22,27-30,32-34,37,39-41H,12,16,19,21,23-26,44H2,1-11H3/t28-,29-,30-,32+,33-,34-,37+,39-,40-,41+/m0/s1. The van der Waals surface area contributed by atoms with Crippen molar-refractivity contribution in [3.8, 4) is 0 Å². The Morgan fingerprint density at radius 2 is 1.64 bits per heavy atom. The van der Waals surface area contributed by atoms with Crippen LogP contribution in [0.1, 0.15) is 96.6 Å². The minimum Gasteiger partial charge on any atom is -0.379 e. The van der Waals surface area contributed by atoms with Gasteiger partial charge in [-0.3, -0.25) is 24.1 Å². The van der Waals surface area contributed by atoms with Gasteiger partial charge in [0.2, 0.25) is 11.8 Å². The molecule has 2 N–H and O–H groups in total. The molecule has 1 aromatic heterocycles. The number of methoxy groups -OCH3 is 2. The van der Waals surface area contributed by atoms with Crippen LogP contribution in [0.15, 0.2) is 41.9 Å². The molecule has 2 amide bonds. The molecule has 2 aromatic rings. The molecule has 10 atom stereocenters. The van der Waals surface area contributed by atoms with Gasteiger partial charge in [0.1, 0.15) is 5.78 Å². The number of hydrogen-bond donors (Lipinski definition) is 1. The van der Waals surface area contributed by atoms with Crippen molar-refractivity contribution < 1.29 is 28.7 Å². The molecule has 1 aliphatic rings. The van der Waals surface area contributed by atoms with E-state index >= 15 is 0 Å². The van der Waals surface area contributed by atoms with Crippen LogP contribution in [0.2, 0.25) is 0 Å². The minimum atomic E-state index is -0.717. The fourth-order valence-corrected chi connectivity index (χ4v) is 9.45. The first-order valence-corrected chi connectivity index (χ1v) is 21.0. The number of aromatic nitrogens is 1. The molecule has 308 valence electrons. The van der Waals surface area contributed by atoms with E-state index in [1.54, 1.807) is 50.6 Å². The van der Waals surface area contributed by atoms with E-state index in [4.69, 9.17) is 15.2 Å². The summed E-state index contributed by atoms with van der Waals surface area (Å²) in [5.74, 6) is -1.41. The maximum absolute atomic E-state index is 14.3. The summed E-state index contributed by atoms with van der Waals surface area (Å²) in [5, 5.41) is 2.88. The van der Waals surface area contributed by atoms with Crippen molar-refractivity contribution in [3.05, 3.63) is 52.5 Å². The Balaban J connectivity index is 1.79. The molecular formula is C43H69N5O6S. The third-order valence-electron chi connectivity index (χ3n) is 11.8. The number of thiazole rings is 1. The number of amides is 2. The lowest BCUT2D eigenvalue weighted by molar-refractivity contribution is -0.148. The quantitative estimate of drug-likeness (QED) is 0.147. The van der Waals surface area contributed by atoms with Crippen molar-refractivity contribution in [2.75, 3.05) is 41.9 Å². The molecule has 55 heavy (non-hydrogen) atoms. The van der Waals surface area contributed by atoms with Gasteiger partial charge in [-0.2, -0.15) is 0 Å². The molecule has 1 fully saturated rings. The molecule has 1 aromatic carbocycles. The average molecular weight is 784 g/mol. The number of likely N-dealkylation sites (tertiary alicyclic amines) is 1. The van der Waals surface area contributed by atoms with Crippen molar-refractivity contribution in [2.45, 2.75) is 129 Å². The average Bonchev–Trinajstić information content (AvgIpc) is 3.87. The highest BCUT2D eigenvalue weighted by Gasteiger charge is 2.43. The molecule has 12 heteroatoms. The van der Waals surface area contributed by atoms with Crippen molar-refractivity contribution in [2.24, 2.45) is 29.4 Å². The second-order valence-electron chi connectivity index (χ2n) is 16.3. The van der Waals surface area contributed by atoms with E-state index in [1.807, 2.05) is 68.2 Å². The Hall–Kier alpha value is -3.03. The predicted molar refractivity (Wildman–Crippen MR) is 220 cm³/mol. The monoisotopic (exact) mass is 783 g/mol. The molecule has 0 unspecified atom stereocenters. The lowest BCUT2D eigenvalue weighted by Gasteiger charge is -2.41. The Kier molecular flexibility index (Phi) is 18.6. The third-order valence-corrected chi connectivity index (χ3v) is 12.8. The summed E-state index contributed by atoms with van der Waals surface area (Å²) in [7, 11) is 8.70. The summed E-state index contributed by atoms with van der Waals surface area (Å²) >= 11 is 1.57. The lowest BCUT2D eigenvalue weighted by atomic mass is 9.85. The molecule has 2 heterocycles. The highest BCUT2D eigenvalue weighted by molar-refractivity contribution is 7.09. The normalized spacial score (nSPS) is 19.7. The van der Waals surface area contributed by atoms with Crippen molar-refractivity contribution in [1.29, 1.82) is 0 Å².